The topological polar surface area (TPSA) is 85.2 Å². The van der Waals surface area contributed by atoms with Crippen LogP contribution in [0.25, 0.3) is 0 Å². The summed E-state index contributed by atoms with van der Waals surface area (Å²) in [4.78, 5) is 30.2. The zero-order valence-corrected chi connectivity index (χ0v) is 17.5. The quantitative estimate of drug-likeness (QED) is 0.664. The van der Waals surface area contributed by atoms with E-state index in [-0.39, 0.29) is 17.6 Å². The third-order valence-corrected chi connectivity index (χ3v) is 5.21. The van der Waals surface area contributed by atoms with Crippen molar-refractivity contribution in [3.05, 3.63) is 41.0 Å². The summed E-state index contributed by atoms with van der Waals surface area (Å²) in [5.74, 6) is 0.339. The maximum atomic E-state index is 13.0. The number of aromatic nitrogens is 2. The van der Waals surface area contributed by atoms with Crippen molar-refractivity contribution in [2.24, 2.45) is 0 Å². The Morgan fingerprint density at radius 3 is 2.79 bits per heavy atom. The van der Waals surface area contributed by atoms with Gasteiger partial charge in [-0.3, -0.25) is 9.59 Å². The molecule has 0 aliphatic carbocycles. The molecule has 156 valence electrons. The summed E-state index contributed by atoms with van der Waals surface area (Å²) >= 11 is 0. The monoisotopic (exact) mass is 398 g/mol. The van der Waals surface area contributed by atoms with Crippen LogP contribution in [0.3, 0.4) is 0 Å². The van der Waals surface area contributed by atoms with E-state index in [2.05, 4.69) is 22.5 Å². The van der Waals surface area contributed by atoms with Gasteiger partial charge in [0.2, 0.25) is 0 Å². The number of fused-ring (bicyclic) bond motifs is 1. The van der Waals surface area contributed by atoms with Gasteiger partial charge in [0, 0.05) is 13.1 Å². The Morgan fingerprint density at radius 1 is 1.21 bits per heavy atom. The van der Waals surface area contributed by atoms with Crippen molar-refractivity contribution in [1.82, 2.24) is 14.9 Å². The van der Waals surface area contributed by atoms with Crippen LogP contribution in [0.4, 0.5) is 5.69 Å². The molecule has 0 bridgehead atoms. The van der Waals surface area contributed by atoms with Crippen LogP contribution in [-0.2, 0) is 13.0 Å². The van der Waals surface area contributed by atoms with E-state index in [0.717, 1.165) is 49.8 Å². The number of amides is 2. The van der Waals surface area contributed by atoms with E-state index in [1.807, 2.05) is 29.7 Å². The standard InChI is InChI=1S/C22H30N4O3/c1-4-5-7-12-23-21(27)19-17-9-6-8-13-26(17)20(25-19)22(28)24-16-14-15(2)10-11-18(16)29-3/h10-11,14H,4-9,12-13H2,1-3H3,(H,23,27)(H,24,28). The van der Waals surface area contributed by atoms with Gasteiger partial charge in [0.15, 0.2) is 5.82 Å². The number of ether oxygens (including phenoxy) is 1. The lowest BCUT2D eigenvalue weighted by Crippen LogP contribution is -2.26. The van der Waals surface area contributed by atoms with Gasteiger partial charge in [-0.15, -0.1) is 0 Å². The van der Waals surface area contributed by atoms with Crippen LogP contribution in [0.2, 0.25) is 0 Å². The molecule has 0 saturated carbocycles. The van der Waals surface area contributed by atoms with Gasteiger partial charge < -0.3 is 19.9 Å². The molecule has 2 amide bonds. The Kier molecular flexibility index (Phi) is 6.90. The number of unbranched alkanes of at least 4 members (excludes halogenated alkanes) is 2. The molecule has 29 heavy (non-hydrogen) atoms. The van der Waals surface area contributed by atoms with Gasteiger partial charge in [-0.2, -0.15) is 0 Å². The van der Waals surface area contributed by atoms with Crippen LogP contribution in [0.5, 0.6) is 5.75 Å². The summed E-state index contributed by atoms with van der Waals surface area (Å²) in [5.41, 5.74) is 2.84. The second kappa shape index (κ2) is 9.58. The van der Waals surface area contributed by atoms with Gasteiger partial charge in [0.05, 0.1) is 18.5 Å². The van der Waals surface area contributed by atoms with Gasteiger partial charge >= 0.3 is 0 Å². The van der Waals surface area contributed by atoms with E-state index in [9.17, 15) is 9.59 Å². The average molecular weight is 399 g/mol. The highest BCUT2D eigenvalue weighted by Gasteiger charge is 2.27. The number of nitrogens with zero attached hydrogens (tertiary/aromatic N) is 2. The molecule has 1 aliphatic rings. The first-order valence-electron chi connectivity index (χ1n) is 10.4. The maximum absolute atomic E-state index is 13.0. The summed E-state index contributed by atoms with van der Waals surface area (Å²) in [6.45, 7) is 5.40. The lowest BCUT2D eigenvalue weighted by molar-refractivity contribution is 0.0947. The summed E-state index contributed by atoms with van der Waals surface area (Å²) < 4.78 is 7.24. The van der Waals surface area contributed by atoms with Crippen LogP contribution in [0, 0.1) is 6.92 Å². The third-order valence-electron chi connectivity index (χ3n) is 5.21. The Bertz CT molecular complexity index is 888. The minimum atomic E-state index is -0.331. The number of hydrogen-bond donors (Lipinski definition) is 2. The molecular formula is C22H30N4O3. The summed E-state index contributed by atoms with van der Waals surface area (Å²) in [7, 11) is 1.57. The second-order valence-electron chi connectivity index (χ2n) is 7.46. The van der Waals surface area contributed by atoms with E-state index in [1.165, 1.54) is 0 Å². The van der Waals surface area contributed by atoms with Crippen molar-refractivity contribution in [1.29, 1.82) is 0 Å². The lowest BCUT2D eigenvalue weighted by Gasteiger charge is -2.17. The van der Waals surface area contributed by atoms with Gasteiger partial charge in [-0.05, 0) is 50.3 Å². The highest BCUT2D eigenvalue weighted by molar-refractivity contribution is 6.04. The molecule has 1 aromatic carbocycles. The van der Waals surface area contributed by atoms with Gasteiger partial charge in [-0.25, -0.2) is 4.98 Å². The number of carbonyl (C=O) groups excluding carboxylic acids is 2. The molecule has 2 aromatic rings. The zero-order chi connectivity index (χ0) is 20.8. The van der Waals surface area contributed by atoms with E-state index < -0.39 is 0 Å². The zero-order valence-electron chi connectivity index (χ0n) is 17.5. The summed E-state index contributed by atoms with van der Waals surface area (Å²) in [6.07, 6.45) is 5.84. The van der Waals surface area contributed by atoms with E-state index in [1.54, 1.807) is 7.11 Å². The van der Waals surface area contributed by atoms with Gasteiger partial charge in [0.25, 0.3) is 11.8 Å². The normalized spacial score (nSPS) is 12.9. The molecule has 0 spiro atoms. The molecule has 3 rings (SSSR count). The molecule has 0 unspecified atom stereocenters. The fourth-order valence-corrected chi connectivity index (χ4v) is 3.66. The average Bonchev–Trinajstić information content (AvgIpc) is 3.11. The Morgan fingerprint density at radius 2 is 2.03 bits per heavy atom. The molecule has 0 saturated heterocycles. The van der Waals surface area contributed by atoms with Crippen molar-refractivity contribution in [3.8, 4) is 5.75 Å². The summed E-state index contributed by atoms with van der Waals surface area (Å²) in [5, 5.41) is 5.85. The van der Waals surface area contributed by atoms with Crippen LogP contribution >= 0.6 is 0 Å². The summed E-state index contributed by atoms with van der Waals surface area (Å²) in [6, 6.07) is 5.60. The molecule has 2 heterocycles. The van der Waals surface area contributed by atoms with Crippen LogP contribution in [0.15, 0.2) is 18.2 Å². The highest BCUT2D eigenvalue weighted by atomic mass is 16.5. The van der Waals surface area contributed by atoms with E-state index in [0.29, 0.717) is 30.2 Å². The SMILES string of the molecule is CCCCCNC(=O)c1nc(C(=O)Nc2cc(C)ccc2OC)n2c1CCCC2. The smallest absolute Gasteiger partial charge is 0.291 e. The first-order valence-corrected chi connectivity index (χ1v) is 10.4. The Balaban J connectivity index is 1.84. The van der Waals surface area contributed by atoms with Crippen molar-refractivity contribution in [2.45, 2.75) is 58.9 Å². The predicted octanol–water partition coefficient (Wildman–Crippen LogP) is 3.71. The maximum Gasteiger partial charge on any atom is 0.291 e. The predicted molar refractivity (Wildman–Crippen MR) is 113 cm³/mol. The fraction of sp³-hybridized carbons (Fsp3) is 0.500. The number of aryl methyl sites for hydroxylation is 1. The van der Waals surface area contributed by atoms with Gasteiger partial charge in [-0.1, -0.05) is 25.8 Å². The highest BCUT2D eigenvalue weighted by Crippen LogP contribution is 2.27. The molecule has 7 heteroatoms. The second-order valence-corrected chi connectivity index (χ2v) is 7.46. The molecule has 0 fully saturated rings. The first kappa shape index (κ1) is 20.9. The van der Waals surface area contributed by atoms with Crippen molar-refractivity contribution in [2.75, 3.05) is 19.0 Å². The first-order chi connectivity index (χ1) is 14.0. The molecule has 0 atom stereocenters. The van der Waals surface area contributed by atoms with E-state index in [4.69, 9.17) is 4.74 Å². The number of carbonyl (C=O) groups is 2. The lowest BCUT2D eigenvalue weighted by atomic mass is 10.1. The van der Waals surface area contributed by atoms with Crippen molar-refractivity contribution < 1.29 is 14.3 Å². The number of imidazole rings is 1. The van der Waals surface area contributed by atoms with Gasteiger partial charge in [0.1, 0.15) is 11.4 Å². The minimum absolute atomic E-state index is 0.195. The number of rotatable bonds is 8. The Hall–Kier alpha value is -2.83. The Labute approximate surface area is 171 Å². The van der Waals surface area contributed by atoms with E-state index >= 15 is 0 Å². The van der Waals surface area contributed by atoms with Crippen LogP contribution in [-0.4, -0.2) is 35.0 Å². The third kappa shape index (κ3) is 4.78. The number of anilines is 1. The minimum Gasteiger partial charge on any atom is -0.495 e. The number of hydrogen-bond acceptors (Lipinski definition) is 4. The van der Waals surface area contributed by atoms with Crippen molar-refractivity contribution in [3.63, 3.8) is 0 Å². The molecule has 0 radical (unpaired) electrons. The molecular weight excluding hydrogens is 368 g/mol. The fourth-order valence-electron chi connectivity index (χ4n) is 3.66. The number of benzene rings is 1. The number of nitrogens with one attached hydrogen (secondary N) is 2. The molecule has 1 aromatic heterocycles. The molecule has 7 nitrogen and oxygen atoms in total. The van der Waals surface area contributed by atoms with Crippen LogP contribution < -0.4 is 15.4 Å². The van der Waals surface area contributed by atoms with Crippen molar-refractivity contribution >= 4 is 17.5 Å². The van der Waals surface area contributed by atoms with Crippen LogP contribution in [0.1, 0.15) is 71.4 Å². The molecule has 1 aliphatic heterocycles. The molecule has 2 N–H and O–H groups in total. The largest absolute Gasteiger partial charge is 0.495 e. The number of methoxy groups -OCH3 is 1.